The van der Waals surface area contributed by atoms with Crippen LogP contribution in [0.5, 0.6) is 5.75 Å². The van der Waals surface area contributed by atoms with E-state index in [2.05, 4.69) is 29.6 Å². The Labute approximate surface area is 109 Å². The first kappa shape index (κ1) is 13.4. The molecular formula is C15H23NO2. The van der Waals surface area contributed by atoms with E-state index in [0.717, 1.165) is 38.5 Å². The zero-order valence-electron chi connectivity index (χ0n) is 11.2. The third kappa shape index (κ3) is 4.31. The van der Waals surface area contributed by atoms with Gasteiger partial charge in [-0.25, -0.2) is 0 Å². The summed E-state index contributed by atoms with van der Waals surface area (Å²) in [6.45, 7) is 3.84. The summed E-state index contributed by atoms with van der Waals surface area (Å²) in [6.07, 6.45) is 3.51. The summed E-state index contributed by atoms with van der Waals surface area (Å²) in [7, 11) is 1.73. The summed E-state index contributed by atoms with van der Waals surface area (Å²) < 4.78 is 10.9. The van der Waals surface area contributed by atoms with Crippen LogP contribution in [0.25, 0.3) is 0 Å². The Morgan fingerprint density at radius 3 is 2.78 bits per heavy atom. The van der Waals surface area contributed by atoms with E-state index in [4.69, 9.17) is 9.47 Å². The van der Waals surface area contributed by atoms with Crippen molar-refractivity contribution in [2.45, 2.75) is 19.3 Å². The van der Waals surface area contributed by atoms with Crippen molar-refractivity contribution in [3.05, 3.63) is 29.8 Å². The van der Waals surface area contributed by atoms with Crippen molar-refractivity contribution in [1.29, 1.82) is 0 Å². The van der Waals surface area contributed by atoms with E-state index >= 15 is 0 Å². The highest BCUT2D eigenvalue weighted by Gasteiger charge is 2.13. The van der Waals surface area contributed by atoms with Crippen molar-refractivity contribution in [2.75, 3.05) is 33.4 Å². The fraction of sp³-hybridized carbons (Fsp3) is 0.600. The molecule has 18 heavy (non-hydrogen) atoms. The number of methoxy groups -OCH3 is 1. The van der Waals surface area contributed by atoms with Gasteiger partial charge in [-0.05, 0) is 43.5 Å². The second-order valence-electron chi connectivity index (χ2n) is 4.91. The van der Waals surface area contributed by atoms with E-state index in [0.29, 0.717) is 5.92 Å². The summed E-state index contributed by atoms with van der Waals surface area (Å²) in [5, 5.41) is 3.41. The monoisotopic (exact) mass is 249 g/mol. The van der Waals surface area contributed by atoms with Crippen molar-refractivity contribution < 1.29 is 9.47 Å². The number of nitrogens with one attached hydrogen (secondary N) is 1. The molecule has 1 saturated heterocycles. The van der Waals surface area contributed by atoms with Gasteiger partial charge in [0.05, 0.1) is 13.2 Å². The topological polar surface area (TPSA) is 30.5 Å². The third-order valence-electron chi connectivity index (χ3n) is 3.40. The lowest BCUT2D eigenvalue weighted by molar-refractivity contribution is 0.202. The Balaban J connectivity index is 1.75. The van der Waals surface area contributed by atoms with Crippen LogP contribution in [0.3, 0.4) is 0 Å². The lowest BCUT2D eigenvalue weighted by Crippen LogP contribution is -2.33. The lowest BCUT2D eigenvalue weighted by atomic mass is 10.0. The average molecular weight is 249 g/mol. The highest BCUT2D eigenvalue weighted by atomic mass is 16.5. The van der Waals surface area contributed by atoms with Crippen LogP contribution in [0.2, 0.25) is 0 Å². The highest BCUT2D eigenvalue weighted by Crippen LogP contribution is 2.16. The molecule has 1 unspecified atom stereocenters. The third-order valence-corrected chi connectivity index (χ3v) is 3.40. The van der Waals surface area contributed by atoms with Gasteiger partial charge in [0, 0.05) is 19.6 Å². The molecular weight excluding hydrogens is 226 g/mol. The molecule has 0 bridgehead atoms. The summed E-state index contributed by atoms with van der Waals surface area (Å²) in [5.41, 5.74) is 1.29. The molecule has 100 valence electrons. The van der Waals surface area contributed by atoms with Crippen molar-refractivity contribution in [3.63, 3.8) is 0 Å². The van der Waals surface area contributed by atoms with Crippen LogP contribution in [0.4, 0.5) is 0 Å². The van der Waals surface area contributed by atoms with E-state index in [-0.39, 0.29) is 0 Å². The Hall–Kier alpha value is -1.06. The van der Waals surface area contributed by atoms with Crippen LogP contribution in [0.1, 0.15) is 18.4 Å². The molecule has 2 rings (SSSR count). The summed E-state index contributed by atoms with van der Waals surface area (Å²) in [5.74, 6) is 1.63. The van der Waals surface area contributed by atoms with Gasteiger partial charge in [0.1, 0.15) is 5.75 Å². The van der Waals surface area contributed by atoms with E-state index in [9.17, 15) is 0 Å². The predicted molar refractivity (Wildman–Crippen MR) is 73.1 cm³/mol. The van der Waals surface area contributed by atoms with Gasteiger partial charge in [-0.3, -0.25) is 0 Å². The molecule has 0 aliphatic carbocycles. The first-order valence-corrected chi connectivity index (χ1v) is 6.80. The number of hydrogen-bond donors (Lipinski definition) is 1. The maximum absolute atomic E-state index is 5.83. The van der Waals surface area contributed by atoms with E-state index in [1.165, 1.54) is 18.4 Å². The van der Waals surface area contributed by atoms with Crippen LogP contribution in [0.15, 0.2) is 24.3 Å². The van der Waals surface area contributed by atoms with Crippen LogP contribution in [-0.2, 0) is 11.2 Å². The maximum atomic E-state index is 5.83. The van der Waals surface area contributed by atoms with Crippen molar-refractivity contribution in [3.8, 4) is 5.75 Å². The van der Waals surface area contributed by atoms with Crippen LogP contribution < -0.4 is 10.1 Å². The standard InChI is InChI=1S/C15H23NO2/c1-17-10-8-13-4-6-15(7-5-13)18-12-14-3-2-9-16-11-14/h4-7,14,16H,2-3,8-12H2,1H3. The molecule has 0 spiro atoms. The second-order valence-corrected chi connectivity index (χ2v) is 4.91. The number of rotatable bonds is 6. The molecule has 0 amide bonds. The molecule has 1 aromatic rings. The zero-order chi connectivity index (χ0) is 12.6. The molecule has 0 radical (unpaired) electrons. The number of ether oxygens (including phenoxy) is 2. The molecule has 1 aromatic carbocycles. The number of piperidine rings is 1. The van der Waals surface area contributed by atoms with Gasteiger partial charge in [-0.2, -0.15) is 0 Å². The van der Waals surface area contributed by atoms with Gasteiger partial charge in [-0.1, -0.05) is 12.1 Å². The van der Waals surface area contributed by atoms with Gasteiger partial charge in [0.25, 0.3) is 0 Å². The van der Waals surface area contributed by atoms with E-state index in [1.807, 2.05) is 0 Å². The quantitative estimate of drug-likeness (QED) is 0.839. The normalized spacial score (nSPS) is 19.7. The van der Waals surface area contributed by atoms with Crippen LogP contribution >= 0.6 is 0 Å². The van der Waals surface area contributed by atoms with Crippen LogP contribution in [-0.4, -0.2) is 33.4 Å². The minimum atomic E-state index is 0.659. The zero-order valence-corrected chi connectivity index (χ0v) is 11.2. The molecule has 1 fully saturated rings. The van der Waals surface area contributed by atoms with E-state index in [1.54, 1.807) is 7.11 Å². The molecule has 1 N–H and O–H groups in total. The van der Waals surface area contributed by atoms with Gasteiger partial charge in [-0.15, -0.1) is 0 Å². The minimum Gasteiger partial charge on any atom is -0.493 e. The van der Waals surface area contributed by atoms with Gasteiger partial charge >= 0.3 is 0 Å². The fourth-order valence-corrected chi connectivity index (χ4v) is 2.25. The van der Waals surface area contributed by atoms with Gasteiger partial charge in [0.2, 0.25) is 0 Å². The van der Waals surface area contributed by atoms with E-state index < -0.39 is 0 Å². The SMILES string of the molecule is COCCc1ccc(OCC2CCCNC2)cc1. The second kappa shape index (κ2) is 7.39. The molecule has 3 nitrogen and oxygen atoms in total. The summed E-state index contributed by atoms with van der Waals surface area (Å²) >= 11 is 0. The highest BCUT2D eigenvalue weighted by molar-refractivity contribution is 5.27. The molecule has 1 aliphatic rings. The van der Waals surface area contributed by atoms with Crippen molar-refractivity contribution in [2.24, 2.45) is 5.92 Å². The van der Waals surface area contributed by atoms with Crippen LogP contribution in [0, 0.1) is 5.92 Å². The molecule has 0 saturated carbocycles. The predicted octanol–water partition coefficient (Wildman–Crippen LogP) is 2.25. The molecule has 1 atom stereocenters. The molecule has 1 aliphatic heterocycles. The Bertz CT molecular complexity index is 331. The summed E-state index contributed by atoms with van der Waals surface area (Å²) in [4.78, 5) is 0. The average Bonchev–Trinajstić information content (AvgIpc) is 2.45. The minimum absolute atomic E-state index is 0.659. The smallest absolute Gasteiger partial charge is 0.119 e. The summed E-state index contributed by atoms with van der Waals surface area (Å²) in [6, 6.07) is 8.35. The van der Waals surface area contributed by atoms with Crippen molar-refractivity contribution >= 4 is 0 Å². The lowest BCUT2D eigenvalue weighted by Gasteiger charge is -2.22. The van der Waals surface area contributed by atoms with Crippen molar-refractivity contribution in [1.82, 2.24) is 5.32 Å². The number of hydrogen-bond acceptors (Lipinski definition) is 3. The molecule has 3 heteroatoms. The Morgan fingerprint density at radius 2 is 2.11 bits per heavy atom. The first-order chi connectivity index (χ1) is 8.88. The first-order valence-electron chi connectivity index (χ1n) is 6.80. The molecule has 1 heterocycles. The number of benzene rings is 1. The Kier molecular flexibility index (Phi) is 5.49. The molecule has 0 aromatic heterocycles. The largest absolute Gasteiger partial charge is 0.493 e. The van der Waals surface area contributed by atoms with Gasteiger partial charge < -0.3 is 14.8 Å². The maximum Gasteiger partial charge on any atom is 0.119 e. The Morgan fingerprint density at radius 1 is 1.28 bits per heavy atom. The van der Waals surface area contributed by atoms with Gasteiger partial charge in [0.15, 0.2) is 0 Å². The fourth-order valence-electron chi connectivity index (χ4n) is 2.25.